The molecular weight excluding hydrogens is 359 g/mol. The van der Waals surface area contributed by atoms with E-state index in [2.05, 4.69) is 11.6 Å². The monoisotopic (exact) mass is 380 g/mol. The van der Waals surface area contributed by atoms with Gasteiger partial charge in [-0.25, -0.2) is 9.78 Å². The van der Waals surface area contributed by atoms with Crippen LogP contribution in [0, 0.1) is 5.95 Å². The second kappa shape index (κ2) is 8.72. The van der Waals surface area contributed by atoms with E-state index in [1.165, 1.54) is 12.1 Å². The van der Waals surface area contributed by atoms with Crippen molar-refractivity contribution in [1.82, 2.24) is 4.98 Å². The molecule has 0 spiro atoms. The smallest absolute Gasteiger partial charge is 0.350 e. The molecule has 1 amide bonds. The summed E-state index contributed by atoms with van der Waals surface area (Å²) in [5.74, 6) is -3.28. The van der Waals surface area contributed by atoms with Gasteiger partial charge in [-0.1, -0.05) is 6.58 Å². The number of ether oxygens (including phenoxy) is 3. The van der Waals surface area contributed by atoms with Crippen molar-refractivity contribution in [3.8, 4) is 0 Å². The third-order valence-electron chi connectivity index (χ3n) is 3.77. The SMILES string of the molecule is C=C(C)c1ccc(N2CCOC(C(OC(C)=O)C(=O)OCC)C2=O)c(F)n1. The van der Waals surface area contributed by atoms with Crippen LogP contribution in [0.3, 0.4) is 0 Å². The number of pyridine rings is 1. The van der Waals surface area contributed by atoms with Gasteiger partial charge in [0.1, 0.15) is 0 Å². The Bertz CT molecular complexity index is 766. The first kappa shape index (κ1) is 20.5. The Labute approximate surface area is 155 Å². The molecule has 1 aliphatic heterocycles. The molecule has 0 saturated carbocycles. The van der Waals surface area contributed by atoms with E-state index in [9.17, 15) is 18.8 Å². The van der Waals surface area contributed by atoms with E-state index in [4.69, 9.17) is 14.2 Å². The number of nitrogens with zero attached hydrogens (tertiary/aromatic N) is 2. The molecule has 0 N–H and O–H groups in total. The minimum absolute atomic E-state index is 0.00918. The highest BCUT2D eigenvalue weighted by Crippen LogP contribution is 2.25. The summed E-state index contributed by atoms with van der Waals surface area (Å²) < 4.78 is 29.6. The summed E-state index contributed by atoms with van der Waals surface area (Å²) in [6, 6.07) is 2.94. The summed E-state index contributed by atoms with van der Waals surface area (Å²) in [6.07, 6.45) is -3.02. The molecule has 1 saturated heterocycles. The molecule has 2 atom stereocenters. The lowest BCUT2D eigenvalue weighted by Gasteiger charge is -2.34. The molecule has 0 aliphatic carbocycles. The van der Waals surface area contributed by atoms with Gasteiger partial charge in [0.25, 0.3) is 5.91 Å². The van der Waals surface area contributed by atoms with E-state index in [-0.39, 0.29) is 25.4 Å². The number of halogens is 1. The molecule has 2 unspecified atom stereocenters. The van der Waals surface area contributed by atoms with Crippen molar-refractivity contribution in [2.24, 2.45) is 0 Å². The van der Waals surface area contributed by atoms with E-state index in [1.54, 1.807) is 13.8 Å². The highest BCUT2D eigenvalue weighted by atomic mass is 19.1. The van der Waals surface area contributed by atoms with Gasteiger partial charge in [-0.15, -0.1) is 0 Å². The van der Waals surface area contributed by atoms with Crippen LogP contribution in [0.4, 0.5) is 10.1 Å². The lowest BCUT2D eigenvalue weighted by Crippen LogP contribution is -2.56. The number of anilines is 1. The zero-order valence-electron chi connectivity index (χ0n) is 15.4. The zero-order chi connectivity index (χ0) is 20.1. The first-order valence-corrected chi connectivity index (χ1v) is 8.35. The van der Waals surface area contributed by atoms with Crippen molar-refractivity contribution in [2.45, 2.75) is 33.0 Å². The number of morpholine rings is 1. The number of esters is 2. The van der Waals surface area contributed by atoms with E-state index in [0.717, 1.165) is 11.8 Å². The quantitative estimate of drug-likeness (QED) is 0.545. The van der Waals surface area contributed by atoms with Crippen molar-refractivity contribution in [3.05, 3.63) is 30.4 Å². The Hall–Kier alpha value is -2.81. The van der Waals surface area contributed by atoms with Crippen LogP contribution >= 0.6 is 0 Å². The summed E-state index contributed by atoms with van der Waals surface area (Å²) in [4.78, 5) is 41.1. The molecule has 146 valence electrons. The highest BCUT2D eigenvalue weighted by Gasteiger charge is 2.44. The van der Waals surface area contributed by atoms with Crippen molar-refractivity contribution in [1.29, 1.82) is 0 Å². The number of carbonyl (C=O) groups excluding carboxylic acids is 3. The van der Waals surface area contributed by atoms with Gasteiger partial charge in [0.05, 0.1) is 24.6 Å². The van der Waals surface area contributed by atoms with Crippen LogP contribution in [-0.4, -0.2) is 54.8 Å². The van der Waals surface area contributed by atoms with Crippen molar-refractivity contribution >= 4 is 29.1 Å². The Morgan fingerprint density at radius 2 is 2.15 bits per heavy atom. The first-order chi connectivity index (χ1) is 12.8. The fourth-order valence-corrected chi connectivity index (χ4v) is 2.56. The molecule has 1 fully saturated rings. The standard InChI is InChI=1S/C18H21FN2O6/c1-5-25-18(24)15(27-11(4)22)14-17(23)21(8-9-26-14)13-7-6-12(10(2)3)20-16(13)19/h6-7,14-15H,2,5,8-9H2,1,3-4H3. The van der Waals surface area contributed by atoms with E-state index in [1.807, 2.05) is 0 Å². The fourth-order valence-electron chi connectivity index (χ4n) is 2.56. The van der Waals surface area contributed by atoms with Gasteiger partial charge in [-0.3, -0.25) is 9.59 Å². The number of allylic oxidation sites excluding steroid dienone is 1. The molecule has 1 aromatic rings. The average molecular weight is 380 g/mol. The number of amides is 1. The summed E-state index contributed by atoms with van der Waals surface area (Å²) in [5, 5.41) is 0. The van der Waals surface area contributed by atoms with Crippen molar-refractivity contribution < 1.29 is 33.0 Å². The Balaban J connectivity index is 2.31. The largest absolute Gasteiger partial charge is 0.463 e. The van der Waals surface area contributed by atoms with Crippen LogP contribution in [0.15, 0.2) is 18.7 Å². The number of hydrogen-bond acceptors (Lipinski definition) is 7. The van der Waals surface area contributed by atoms with Gasteiger partial charge in [0.2, 0.25) is 12.1 Å². The second-order valence-corrected chi connectivity index (χ2v) is 5.85. The number of aromatic nitrogens is 1. The minimum atomic E-state index is -1.58. The molecule has 9 heteroatoms. The molecule has 2 rings (SSSR count). The number of rotatable bonds is 6. The maximum Gasteiger partial charge on any atom is 0.350 e. The third-order valence-corrected chi connectivity index (χ3v) is 3.77. The Morgan fingerprint density at radius 3 is 2.70 bits per heavy atom. The maximum atomic E-state index is 14.4. The minimum Gasteiger partial charge on any atom is -0.463 e. The van der Waals surface area contributed by atoms with Crippen LogP contribution in [0.25, 0.3) is 5.57 Å². The highest BCUT2D eigenvalue weighted by molar-refractivity contribution is 6.00. The fraction of sp³-hybridized carbons (Fsp3) is 0.444. The normalized spacial score (nSPS) is 18.0. The molecule has 8 nitrogen and oxygen atoms in total. The topological polar surface area (TPSA) is 95.0 Å². The summed E-state index contributed by atoms with van der Waals surface area (Å²) in [7, 11) is 0. The van der Waals surface area contributed by atoms with E-state index < -0.39 is 36.0 Å². The van der Waals surface area contributed by atoms with Gasteiger partial charge in [-0.05, 0) is 31.6 Å². The first-order valence-electron chi connectivity index (χ1n) is 8.35. The maximum absolute atomic E-state index is 14.4. The van der Waals surface area contributed by atoms with Gasteiger partial charge >= 0.3 is 11.9 Å². The van der Waals surface area contributed by atoms with E-state index in [0.29, 0.717) is 11.3 Å². The van der Waals surface area contributed by atoms with Crippen LogP contribution in [0.5, 0.6) is 0 Å². The molecule has 2 heterocycles. The van der Waals surface area contributed by atoms with Crippen LogP contribution in [0.2, 0.25) is 0 Å². The Morgan fingerprint density at radius 1 is 1.44 bits per heavy atom. The summed E-state index contributed by atoms with van der Waals surface area (Å²) >= 11 is 0. The van der Waals surface area contributed by atoms with Crippen molar-refractivity contribution in [2.75, 3.05) is 24.7 Å². The molecular formula is C18H21FN2O6. The molecule has 0 radical (unpaired) electrons. The number of hydrogen-bond donors (Lipinski definition) is 0. The molecule has 0 aromatic carbocycles. The molecule has 1 aliphatic rings. The molecule has 27 heavy (non-hydrogen) atoms. The van der Waals surface area contributed by atoms with Crippen LogP contribution in [0.1, 0.15) is 26.5 Å². The average Bonchev–Trinajstić information content (AvgIpc) is 2.60. The summed E-state index contributed by atoms with van der Waals surface area (Å²) in [5.41, 5.74) is 0.866. The third kappa shape index (κ3) is 4.68. The molecule has 0 bridgehead atoms. The van der Waals surface area contributed by atoms with Crippen LogP contribution < -0.4 is 4.90 Å². The predicted octanol–water partition coefficient (Wildman–Crippen LogP) is 1.48. The van der Waals surface area contributed by atoms with Gasteiger partial charge < -0.3 is 19.1 Å². The summed E-state index contributed by atoms with van der Waals surface area (Å²) in [6.45, 7) is 8.13. The second-order valence-electron chi connectivity index (χ2n) is 5.85. The van der Waals surface area contributed by atoms with Gasteiger partial charge in [0, 0.05) is 13.5 Å². The van der Waals surface area contributed by atoms with Gasteiger partial charge in [-0.2, -0.15) is 4.39 Å². The lowest BCUT2D eigenvalue weighted by molar-refractivity contribution is -0.180. The van der Waals surface area contributed by atoms with Crippen LogP contribution in [-0.2, 0) is 28.6 Å². The predicted molar refractivity (Wildman–Crippen MR) is 93.2 cm³/mol. The Kier molecular flexibility index (Phi) is 6.62. The van der Waals surface area contributed by atoms with E-state index >= 15 is 0 Å². The van der Waals surface area contributed by atoms with Crippen molar-refractivity contribution in [3.63, 3.8) is 0 Å². The lowest BCUT2D eigenvalue weighted by atomic mass is 10.1. The molecule has 1 aromatic heterocycles. The zero-order valence-corrected chi connectivity index (χ0v) is 15.4. The number of carbonyl (C=O) groups is 3. The van der Waals surface area contributed by atoms with Gasteiger partial charge in [0.15, 0.2) is 6.10 Å².